The van der Waals surface area contributed by atoms with Gasteiger partial charge < -0.3 is 18.9 Å². The Morgan fingerprint density at radius 1 is 0.650 bits per heavy atom. The first-order chi connectivity index (χ1) is 9.69. The molecular weight excluding hydrogens is 256 g/mol. The predicted octanol–water partition coefficient (Wildman–Crippen LogP) is 3.81. The fourth-order valence-electron chi connectivity index (χ4n) is 1.97. The smallest absolute Gasteiger partial charge is 0.169 e. The largest absolute Gasteiger partial charge is 0.497 e. The topological polar surface area (TPSA) is 36.9 Å². The molecule has 2 rings (SSSR count). The quantitative estimate of drug-likeness (QED) is 0.830. The summed E-state index contributed by atoms with van der Waals surface area (Å²) in [5.74, 6) is 3.59. The van der Waals surface area contributed by atoms with Gasteiger partial charge in [0.2, 0.25) is 0 Å². The van der Waals surface area contributed by atoms with Crippen LogP contribution in [0.25, 0.3) is 0 Å². The normalized spacial score (nSPS) is 10.0. The van der Waals surface area contributed by atoms with Crippen LogP contribution in [0.15, 0.2) is 36.4 Å². The minimum atomic E-state index is 0.649. The molecule has 0 amide bonds. The van der Waals surface area contributed by atoms with Crippen LogP contribution in [0, 0.1) is 6.92 Å². The number of methoxy groups -OCH3 is 3. The number of benzene rings is 2. The van der Waals surface area contributed by atoms with E-state index >= 15 is 0 Å². The van der Waals surface area contributed by atoms with E-state index in [4.69, 9.17) is 18.9 Å². The van der Waals surface area contributed by atoms with E-state index in [1.165, 1.54) is 0 Å². The molecule has 0 atom stereocenters. The second kappa shape index (κ2) is 6.19. The van der Waals surface area contributed by atoms with E-state index in [-0.39, 0.29) is 0 Å². The second-order valence-corrected chi connectivity index (χ2v) is 4.20. The fourth-order valence-corrected chi connectivity index (χ4v) is 1.97. The Morgan fingerprint density at radius 3 is 1.80 bits per heavy atom. The van der Waals surface area contributed by atoms with Crippen molar-refractivity contribution in [3.05, 3.63) is 42.0 Å². The predicted molar refractivity (Wildman–Crippen MR) is 77.4 cm³/mol. The summed E-state index contributed by atoms with van der Waals surface area (Å²) < 4.78 is 21.6. The van der Waals surface area contributed by atoms with Crippen LogP contribution in [0.3, 0.4) is 0 Å². The van der Waals surface area contributed by atoms with Gasteiger partial charge in [0.05, 0.1) is 21.3 Å². The highest BCUT2D eigenvalue weighted by atomic mass is 16.5. The van der Waals surface area contributed by atoms with Crippen LogP contribution in [0.5, 0.6) is 28.7 Å². The highest BCUT2D eigenvalue weighted by Gasteiger charge is 2.13. The Hall–Kier alpha value is -2.36. The zero-order chi connectivity index (χ0) is 14.5. The molecule has 4 heteroatoms. The average molecular weight is 274 g/mol. The van der Waals surface area contributed by atoms with Crippen molar-refractivity contribution >= 4 is 0 Å². The first-order valence-electron chi connectivity index (χ1n) is 6.23. The zero-order valence-corrected chi connectivity index (χ0v) is 12.1. The van der Waals surface area contributed by atoms with Crippen molar-refractivity contribution in [1.29, 1.82) is 0 Å². The lowest BCUT2D eigenvalue weighted by atomic mass is 10.2. The van der Waals surface area contributed by atoms with Crippen LogP contribution < -0.4 is 18.9 Å². The van der Waals surface area contributed by atoms with E-state index in [9.17, 15) is 0 Å². The van der Waals surface area contributed by atoms with Gasteiger partial charge in [0.25, 0.3) is 0 Å². The van der Waals surface area contributed by atoms with Crippen molar-refractivity contribution in [1.82, 2.24) is 0 Å². The van der Waals surface area contributed by atoms with Crippen molar-refractivity contribution in [2.45, 2.75) is 6.92 Å². The Bertz CT molecular complexity index is 576. The Labute approximate surface area is 118 Å². The molecule has 2 aromatic carbocycles. The molecule has 0 radical (unpaired) electrons. The van der Waals surface area contributed by atoms with E-state index in [1.54, 1.807) is 21.3 Å². The summed E-state index contributed by atoms with van der Waals surface area (Å²) in [5, 5.41) is 0. The SMILES string of the molecule is COc1ccc(Oc2ccc(OC)c(C)c2OC)cc1. The second-order valence-electron chi connectivity index (χ2n) is 4.20. The van der Waals surface area contributed by atoms with Gasteiger partial charge in [-0.15, -0.1) is 0 Å². The van der Waals surface area contributed by atoms with Crippen molar-refractivity contribution in [3.63, 3.8) is 0 Å². The summed E-state index contributed by atoms with van der Waals surface area (Å²) in [7, 11) is 4.88. The zero-order valence-electron chi connectivity index (χ0n) is 12.1. The first-order valence-corrected chi connectivity index (χ1v) is 6.23. The van der Waals surface area contributed by atoms with E-state index in [0.717, 1.165) is 17.1 Å². The molecule has 0 saturated heterocycles. The minimum Gasteiger partial charge on any atom is -0.497 e. The summed E-state index contributed by atoms with van der Waals surface area (Å²) in [6.45, 7) is 1.93. The van der Waals surface area contributed by atoms with Gasteiger partial charge in [-0.3, -0.25) is 0 Å². The molecule has 4 nitrogen and oxygen atoms in total. The molecule has 106 valence electrons. The van der Waals surface area contributed by atoms with Gasteiger partial charge >= 0.3 is 0 Å². The van der Waals surface area contributed by atoms with Gasteiger partial charge in [0, 0.05) is 5.56 Å². The Balaban J connectivity index is 2.30. The summed E-state index contributed by atoms with van der Waals surface area (Å²) in [6, 6.07) is 11.1. The Kier molecular flexibility index (Phi) is 4.35. The molecule has 0 aliphatic heterocycles. The maximum absolute atomic E-state index is 5.84. The van der Waals surface area contributed by atoms with Gasteiger partial charge in [-0.05, 0) is 43.3 Å². The molecule has 0 spiro atoms. The van der Waals surface area contributed by atoms with Gasteiger partial charge in [0.15, 0.2) is 11.5 Å². The van der Waals surface area contributed by atoms with Gasteiger partial charge in [-0.1, -0.05) is 0 Å². The van der Waals surface area contributed by atoms with Crippen LogP contribution in [-0.2, 0) is 0 Å². The number of hydrogen-bond donors (Lipinski definition) is 0. The van der Waals surface area contributed by atoms with Crippen LogP contribution in [-0.4, -0.2) is 21.3 Å². The van der Waals surface area contributed by atoms with Crippen LogP contribution in [0.4, 0.5) is 0 Å². The number of rotatable bonds is 5. The monoisotopic (exact) mass is 274 g/mol. The highest BCUT2D eigenvalue weighted by Crippen LogP contribution is 2.39. The van der Waals surface area contributed by atoms with Crippen LogP contribution >= 0.6 is 0 Å². The van der Waals surface area contributed by atoms with E-state index < -0.39 is 0 Å². The number of hydrogen-bond acceptors (Lipinski definition) is 4. The summed E-state index contributed by atoms with van der Waals surface area (Å²) in [4.78, 5) is 0. The molecule has 0 bridgehead atoms. The molecule has 0 saturated carbocycles. The average Bonchev–Trinajstić information content (AvgIpc) is 2.48. The molecule has 0 aliphatic carbocycles. The standard InChI is InChI=1S/C16H18O4/c1-11-14(18-3)9-10-15(16(11)19-4)20-13-7-5-12(17-2)6-8-13/h5-10H,1-4H3. The molecule has 0 heterocycles. The van der Waals surface area contributed by atoms with Crippen LogP contribution in [0.2, 0.25) is 0 Å². The third-order valence-electron chi connectivity index (χ3n) is 3.03. The Morgan fingerprint density at radius 2 is 1.25 bits per heavy atom. The van der Waals surface area contributed by atoms with Crippen molar-refractivity contribution in [3.8, 4) is 28.7 Å². The molecule has 20 heavy (non-hydrogen) atoms. The summed E-state index contributed by atoms with van der Waals surface area (Å²) >= 11 is 0. The first kappa shape index (κ1) is 14.1. The molecule has 2 aromatic rings. The van der Waals surface area contributed by atoms with Gasteiger partial charge in [0.1, 0.15) is 17.2 Å². The third kappa shape index (κ3) is 2.79. The third-order valence-corrected chi connectivity index (χ3v) is 3.03. The van der Waals surface area contributed by atoms with Gasteiger partial charge in [-0.2, -0.15) is 0 Å². The van der Waals surface area contributed by atoms with E-state index in [2.05, 4.69) is 0 Å². The summed E-state index contributed by atoms with van der Waals surface area (Å²) in [5.41, 5.74) is 0.904. The lowest BCUT2D eigenvalue weighted by molar-refractivity contribution is 0.364. The van der Waals surface area contributed by atoms with E-state index in [0.29, 0.717) is 17.2 Å². The molecule has 0 unspecified atom stereocenters. The molecule has 0 aromatic heterocycles. The lowest BCUT2D eigenvalue weighted by Gasteiger charge is -2.15. The summed E-state index contributed by atoms with van der Waals surface area (Å²) in [6.07, 6.45) is 0. The lowest BCUT2D eigenvalue weighted by Crippen LogP contribution is -1.96. The van der Waals surface area contributed by atoms with Gasteiger partial charge in [-0.25, -0.2) is 0 Å². The van der Waals surface area contributed by atoms with Crippen LogP contribution in [0.1, 0.15) is 5.56 Å². The minimum absolute atomic E-state index is 0.649. The number of ether oxygens (including phenoxy) is 4. The maximum atomic E-state index is 5.84. The molecule has 0 N–H and O–H groups in total. The fraction of sp³-hybridized carbons (Fsp3) is 0.250. The highest BCUT2D eigenvalue weighted by molar-refractivity contribution is 5.54. The molecule has 0 fully saturated rings. The molecule has 0 aliphatic rings. The molecular formula is C16H18O4. The van der Waals surface area contributed by atoms with Crippen molar-refractivity contribution in [2.24, 2.45) is 0 Å². The van der Waals surface area contributed by atoms with E-state index in [1.807, 2.05) is 43.3 Å². The van der Waals surface area contributed by atoms with Crippen molar-refractivity contribution < 1.29 is 18.9 Å². The maximum Gasteiger partial charge on any atom is 0.169 e. The van der Waals surface area contributed by atoms with Crippen molar-refractivity contribution in [2.75, 3.05) is 21.3 Å².